The van der Waals surface area contributed by atoms with Gasteiger partial charge in [0.1, 0.15) is 23.2 Å². The lowest BCUT2D eigenvalue weighted by molar-refractivity contribution is 0.0940. The Morgan fingerprint density at radius 3 is 2.62 bits per heavy atom. The maximum absolute atomic E-state index is 12.1. The molecule has 2 aromatic rings. The molecule has 2 aromatic heterocycles. The molecule has 1 fully saturated rings. The summed E-state index contributed by atoms with van der Waals surface area (Å²) in [5.74, 6) is 2.35. The predicted octanol–water partition coefficient (Wildman–Crippen LogP) is 0.188. The summed E-state index contributed by atoms with van der Waals surface area (Å²) >= 11 is 0. The number of carbonyl (C=O) groups is 1. The van der Waals surface area contributed by atoms with E-state index < -0.39 is 0 Å². The lowest BCUT2D eigenvalue weighted by Crippen LogP contribution is -2.48. The third-order valence-corrected chi connectivity index (χ3v) is 4.43. The second-order valence-electron chi connectivity index (χ2n) is 5.97. The van der Waals surface area contributed by atoms with Crippen LogP contribution < -0.4 is 15.1 Å². The van der Waals surface area contributed by atoms with Crippen LogP contribution in [0.25, 0.3) is 0 Å². The van der Waals surface area contributed by atoms with Crippen LogP contribution in [0.4, 0.5) is 11.6 Å². The molecule has 1 amide bonds. The maximum atomic E-state index is 12.1. The number of aromatic nitrogens is 4. The zero-order valence-corrected chi connectivity index (χ0v) is 13.6. The first-order chi connectivity index (χ1) is 11.7. The molecular weight excluding hydrogens is 306 g/mol. The molecule has 0 atom stereocenters. The van der Waals surface area contributed by atoms with Gasteiger partial charge in [0.15, 0.2) is 0 Å². The van der Waals surface area contributed by atoms with Crippen LogP contribution in [0.3, 0.4) is 0 Å². The summed E-state index contributed by atoms with van der Waals surface area (Å²) in [5, 5.41) is 2.85. The van der Waals surface area contributed by atoms with Crippen molar-refractivity contribution in [3.05, 3.63) is 35.7 Å². The average molecular weight is 325 g/mol. The Kier molecular flexibility index (Phi) is 3.72. The van der Waals surface area contributed by atoms with Crippen LogP contribution in [-0.2, 0) is 6.42 Å². The first-order valence-corrected chi connectivity index (χ1v) is 8.14. The number of amides is 1. The fraction of sp³-hybridized carbons (Fsp3) is 0.438. The molecule has 24 heavy (non-hydrogen) atoms. The van der Waals surface area contributed by atoms with Crippen molar-refractivity contribution in [1.82, 2.24) is 25.3 Å². The summed E-state index contributed by atoms with van der Waals surface area (Å²) in [6, 6.07) is 0. The first kappa shape index (κ1) is 14.8. The topological polar surface area (TPSA) is 87.1 Å². The van der Waals surface area contributed by atoms with E-state index in [4.69, 9.17) is 0 Å². The third kappa shape index (κ3) is 2.64. The van der Waals surface area contributed by atoms with Gasteiger partial charge in [-0.2, -0.15) is 0 Å². The Balaban J connectivity index is 1.57. The minimum absolute atomic E-state index is 0.0961. The highest BCUT2D eigenvalue weighted by Crippen LogP contribution is 2.25. The third-order valence-electron chi connectivity index (χ3n) is 4.43. The van der Waals surface area contributed by atoms with E-state index in [1.54, 1.807) is 18.6 Å². The Hall–Kier alpha value is -2.77. The van der Waals surface area contributed by atoms with Gasteiger partial charge in [0, 0.05) is 50.7 Å². The molecule has 8 nitrogen and oxygen atoms in total. The van der Waals surface area contributed by atoms with Crippen LogP contribution in [0.15, 0.2) is 18.6 Å². The van der Waals surface area contributed by atoms with Gasteiger partial charge in [-0.1, -0.05) is 0 Å². The summed E-state index contributed by atoms with van der Waals surface area (Å²) < 4.78 is 0. The van der Waals surface area contributed by atoms with Crippen molar-refractivity contribution in [2.24, 2.45) is 0 Å². The molecule has 124 valence electrons. The van der Waals surface area contributed by atoms with Crippen molar-refractivity contribution in [1.29, 1.82) is 0 Å². The number of aryl methyl sites for hydroxylation is 1. The van der Waals surface area contributed by atoms with Crippen molar-refractivity contribution >= 4 is 17.5 Å². The van der Waals surface area contributed by atoms with Crippen LogP contribution in [0.1, 0.15) is 21.9 Å². The summed E-state index contributed by atoms with van der Waals surface area (Å²) in [7, 11) is 0. The number of piperazine rings is 1. The van der Waals surface area contributed by atoms with Gasteiger partial charge >= 0.3 is 0 Å². The standard InChI is InChI=1S/C16H19N7O/c1-11-20-14-12(2-3-19-16(14)24)15(21-11)23-8-6-22(7-9-23)13-10-17-4-5-18-13/h4-5,10H,2-3,6-9H2,1H3,(H,19,24). The molecule has 2 aliphatic rings. The van der Waals surface area contributed by atoms with Crippen LogP contribution in [-0.4, -0.2) is 58.6 Å². The monoisotopic (exact) mass is 325 g/mol. The molecule has 2 aliphatic heterocycles. The SMILES string of the molecule is Cc1nc2c(c(N3CCN(c4cnccn4)CC3)n1)CCNC2=O. The molecule has 0 spiro atoms. The number of hydrogen-bond donors (Lipinski definition) is 1. The van der Waals surface area contributed by atoms with Crippen molar-refractivity contribution in [2.75, 3.05) is 42.5 Å². The van der Waals surface area contributed by atoms with E-state index in [-0.39, 0.29) is 5.91 Å². The van der Waals surface area contributed by atoms with Gasteiger partial charge in [0.05, 0.1) is 6.20 Å². The maximum Gasteiger partial charge on any atom is 0.270 e. The predicted molar refractivity (Wildman–Crippen MR) is 89.3 cm³/mol. The summed E-state index contributed by atoms with van der Waals surface area (Å²) in [5.41, 5.74) is 1.50. The highest BCUT2D eigenvalue weighted by atomic mass is 16.1. The fourth-order valence-corrected chi connectivity index (χ4v) is 3.25. The van der Waals surface area contributed by atoms with Crippen LogP contribution in [0.5, 0.6) is 0 Å². The molecule has 0 unspecified atom stereocenters. The average Bonchev–Trinajstić information content (AvgIpc) is 2.63. The number of fused-ring (bicyclic) bond motifs is 1. The van der Waals surface area contributed by atoms with E-state index in [1.807, 2.05) is 6.92 Å². The Morgan fingerprint density at radius 1 is 1.08 bits per heavy atom. The van der Waals surface area contributed by atoms with Gasteiger partial charge in [-0.15, -0.1) is 0 Å². The smallest absolute Gasteiger partial charge is 0.270 e. The minimum atomic E-state index is -0.0961. The molecule has 0 aromatic carbocycles. The summed E-state index contributed by atoms with van der Waals surface area (Å²) in [6.45, 7) is 5.85. The highest BCUT2D eigenvalue weighted by Gasteiger charge is 2.27. The number of hydrogen-bond acceptors (Lipinski definition) is 7. The van der Waals surface area contributed by atoms with Crippen molar-refractivity contribution in [3.8, 4) is 0 Å². The van der Waals surface area contributed by atoms with Gasteiger partial charge in [0.2, 0.25) is 0 Å². The Labute approximate surface area is 140 Å². The van der Waals surface area contributed by atoms with Crippen LogP contribution in [0, 0.1) is 6.92 Å². The largest absolute Gasteiger partial charge is 0.353 e. The van der Waals surface area contributed by atoms with Crippen molar-refractivity contribution in [2.45, 2.75) is 13.3 Å². The zero-order chi connectivity index (χ0) is 16.5. The molecular formula is C16H19N7O. The van der Waals surface area contributed by atoms with Gasteiger partial charge in [-0.3, -0.25) is 9.78 Å². The first-order valence-electron chi connectivity index (χ1n) is 8.14. The zero-order valence-electron chi connectivity index (χ0n) is 13.6. The van der Waals surface area contributed by atoms with E-state index in [9.17, 15) is 4.79 Å². The lowest BCUT2D eigenvalue weighted by Gasteiger charge is -2.37. The molecule has 0 saturated carbocycles. The number of nitrogens with zero attached hydrogens (tertiary/aromatic N) is 6. The van der Waals surface area contributed by atoms with E-state index in [0.29, 0.717) is 18.1 Å². The summed E-state index contributed by atoms with van der Waals surface area (Å²) in [6.07, 6.45) is 5.96. The number of rotatable bonds is 2. The van der Waals surface area contributed by atoms with Crippen molar-refractivity contribution < 1.29 is 4.79 Å². The molecule has 8 heteroatoms. The van der Waals surface area contributed by atoms with E-state index in [2.05, 4.69) is 35.1 Å². The van der Waals surface area contributed by atoms with Crippen molar-refractivity contribution in [3.63, 3.8) is 0 Å². The van der Waals surface area contributed by atoms with E-state index in [1.165, 1.54) is 0 Å². The number of carbonyl (C=O) groups excluding carboxylic acids is 1. The van der Waals surface area contributed by atoms with E-state index >= 15 is 0 Å². The van der Waals surface area contributed by atoms with Gasteiger partial charge in [-0.25, -0.2) is 15.0 Å². The van der Waals surface area contributed by atoms with Gasteiger partial charge < -0.3 is 15.1 Å². The molecule has 0 bridgehead atoms. The second-order valence-corrected chi connectivity index (χ2v) is 5.97. The van der Waals surface area contributed by atoms with E-state index in [0.717, 1.165) is 49.8 Å². The lowest BCUT2D eigenvalue weighted by atomic mass is 10.1. The minimum Gasteiger partial charge on any atom is -0.353 e. The molecule has 0 radical (unpaired) electrons. The molecule has 0 aliphatic carbocycles. The molecule has 1 N–H and O–H groups in total. The van der Waals surface area contributed by atoms with Gasteiger partial charge in [0.25, 0.3) is 5.91 Å². The molecule has 1 saturated heterocycles. The molecule has 4 heterocycles. The van der Waals surface area contributed by atoms with Crippen LogP contribution >= 0.6 is 0 Å². The highest BCUT2D eigenvalue weighted by molar-refractivity contribution is 5.96. The molecule has 4 rings (SSSR count). The normalized spacial score (nSPS) is 17.5. The quantitative estimate of drug-likeness (QED) is 0.843. The number of nitrogens with one attached hydrogen (secondary N) is 1. The van der Waals surface area contributed by atoms with Crippen LogP contribution in [0.2, 0.25) is 0 Å². The fourth-order valence-electron chi connectivity index (χ4n) is 3.25. The Morgan fingerprint density at radius 2 is 1.88 bits per heavy atom. The number of anilines is 2. The Bertz CT molecular complexity index is 757. The van der Waals surface area contributed by atoms with Gasteiger partial charge in [-0.05, 0) is 13.3 Å². The summed E-state index contributed by atoms with van der Waals surface area (Å²) in [4.78, 5) is 34.0. The second kappa shape index (κ2) is 6.03.